The van der Waals surface area contributed by atoms with Gasteiger partial charge in [-0.25, -0.2) is 0 Å². The Hall–Kier alpha value is -2.97. The Morgan fingerprint density at radius 1 is 0.630 bits per heavy atom. The number of benzene rings is 4. The van der Waals surface area contributed by atoms with Gasteiger partial charge in [-0.1, -0.05) is 83.8 Å². The summed E-state index contributed by atoms with van der Waals surface area (Å²) in [7, 11) is 0. The zero-order valence-electron chi connectivity index (χ0n) is 14.6. The molecular formula is C24H15BClN. The number of halogens is 1. The number of aromatic nitrogens is 1. The Balaban J connectivity index is 1.81. The lowest BCUT2D eigenvalue weighted by molar-refractivity contribution is 1.19. The first-order chi connectivity index (χ1) is 13.3. The van der Waals surface area contributed by atoms with Crippen LogP contribution in [0.1, 0.15) is 0 Å². The first-order valence-electron chi connectivity index (χ1n) is 9.20. The molecule has 0 unspecified atom stereocenters. The van der Waals surface area contributed by atoms with Crippen molar-refractivity contribution >= 4 is 56.5 Å². The molecule has 6 rings (SSSR count). The fraction of sp³-hybridized carbons (Fsp3) is 0. The van der Waals surface area contributed by atoms with E-state index in [0.717, 1.165) is 5.02 Å². The van der Waals surface area contributed by atoms with Gasteiger partial charge < -0.3 is 4.57 Å². The van der Waals surface area contributed by atoms with Crippen LogP contribution in [0.2, 0.25) is 5.02 Å². The number of fused-ring (bicyclic) bond motifs is 5. The van der Waals surface area contributed by atoms with Crippen LogP contribution in [0.3, 0.4) is 0 Å². The van der Waals surface area contributed by atoms with Gasteiger partial charge in [0.05, 0.1) is 5.52 Å². The van der Waals surface area contributed by atoms with Crippen LogP contribution in [-0.4, -0.2) is 11.3 Å². The Bertz CT molecular complexity index is 1330. The van der Waals surface area contributed by atoms with Gasteiger partial charge in [0.15, 0.2) is 0 Å². The predicted octanol–water partition coefficient (Wildman–Crippen LogP) is 4.27. The lowest BCUT2D eigenvalue weighted by atomic mass is 9.35. The first-order valence-corrected chi connectivity index (χ1v) is 9.57. The molecule has 4 aromatic carbocycles. The summed E-state index contributed by atoms with van der Waals surface area (Å²) < 4.78 is 2.43. The van der Waals surface area contributed by atoms with Crippen LogP contribution in [0.25, 0.3) is 27.5 Å². The summed E-state index contributed by atoms with van der Waals surface area (Å²) in [4.78, 5) is 0. The van der Waals surface area contributed by atoms with E-state index in [1.165, 1.54) is 43.9 Å². The summed E-state index contributed by atoms with van der Waals surface area (Å²) >= 11 is 6.16. The van der Waals surface area contributed by atoms with Gasteiger partial charge in [0.25, 0.3) is 0 Å². The van der Waals surface area contributed by atoms with Crippen molar-refractivity contribution in [2.75, 3.05) is 0 Å². The lowest BCUT2D eigenvalue weighted by Gasteiger charge is -2.27. The zero-order valence-corrected chi connectivity index (χ0v) is 15.3. The van der Waals surface area contributed by atoms with Crippen molar-refractivity contribution in [2.24, 2.45) is 0 Å². The summed E-state index contributed by atoms with van der Waals surface area (Å²) in [6.07, 6.45) is 0. The molecule has 0 spiro atoms. The quantitative estimate of drug-likeness (QED) is 0.385. The minimum Gasteiger partial charge on any atom is -0.310 e. The summed E-state index contributed by atoms with van der Waals surface area (Å²) in [6.45, 7) is 0.207. The van der Waals surface area contributed by atoms with Crippen LogP contribution >= 0.6 is 11.6 Å². The van der Waals surface area contributed by atoms with Crippen LogP contribution in [-0.2, 0) is 0 Å². The number of hydrogen-bond acceptors (Lipinski definition) is 0. The largest absolute Gasteiger partial charge is 0.310 e. The number of rotatable bonds is 1. The number of nitrogens with zero attached hydrogens (tertiary/aromatic N) is 1. The molecule has 0 bridgehead atoms. The fourth-order valence-corrected chi connectivity index (χ4v) is 4.77. The summed E-state index contributed by atoms with van der Waals surface area (Å²) in [5.74, 6) is 0. The molecule has 0 radical (unpaired) electrons. The molecule has 0 saturated carbocycles. The van der Waals surface area contributed by atoms with Gasteiger partial charge in [0.1, 0.15) is 0 Å². The van der Waals surface area contributed by atoms with Crippen molar-refractivity contribution < 1.29 is 0 Å². The third-order valence-corrected chi connectivity index (χ3v) is 5.98. The van der Waals surface area contributed by atoms with Crippen LogP contribution in [0.5, 0.6) is 0 Å². The molecule has 0 amide bonds. The molecule has 1 aromatic heterocycles. The average Bonchev–Trinajstić information content (AvgIpc) is 3.06. The van der Waals surface area contributed by atoms with E-state index in [-0.39, 0.29) is 6.71 Å². The second kappa shape index (κ2) is 5.51. The van der Waals surface area contributed by atoms with Crippen LogP contribution in [0, 0.1) is 0 Å². The van der Waals surface area contributed by atoms with Gasteiger partial charge in [-0.3, -0.25) is 0 Å². The van der Waals surface area contributed by atoms with E-state index >= 15 is 0 Å². The third-order valence-electron chi connectivity index (χ3n) is 5.73. The van der Waals surface area contributed by atoms with Gasteiger partial charge in [-0.05, 0) is 35.2 Å². The van der Waals surface area contributed by atoms with Crippen LogP contribution < -0.4 is 16.4 Å². The van der Waals surface area contributed by atoms with Gasteiger partial charge in [0.2, 0.25) is 6.71 Å². The highest BCUT2D eigenvalue weighted by atomic mass is 35.5. The number of para-hydroxylation sites is 3. The maximum absolute atomic E-state index is 6.16. The van der Waals surface area contributed by atoms with Gasteiger partial charge >= 0.3 is 0 Å². The van der Waals surface area contributed by atoms with Crippen molar-refractivity contribution in [1.82, 2.24) is 4.57 Å². The SMILES string of the molecule is Clc1ccc(B2c3ccccc3-n3c4ccccc4c4cccc2c43)cc1. The minimum atomic E-state index is 0.207. The smallest absolute Gasteiger partial charge is 0.246 e. The third kappa shape index (κ3) is 2.02. The molecular weight excluding hydrogens is 349 g/mol. The van der Waals surface area contributed by atoms with Crippen molar-refractivity contribution in [2.45, 2.75) is 0 Å². The summed E-state index contributed by atoms with van der Waals surface area (Å²) in [5, 5.41) is 3.40. The van der Waals surface area contributed by atoms with Crippen molar-refractivity contribution in [3.63, 3.8) is 0 Å². The second-order valence-electron chi connectivity index (χ2n) is 7.14. The van der Waals surface area contributed by atoms with Gasteiger partial charge in [-0.2, -0.15) is 0 Å². The summed E-state index contributed by atoms with van der Waals surface area (Å²) in [6, 6.07) is 32.4. The van der Waals surface area contributed by atoms with Gasteiger partial charge in [0, 0.05) is 27.0 Å². The molecule has 3 heteroatoms. The molecule has 0 saturated heterocycles. The average molecular weight is 364 g/mol. The highest BCUT2D eigenvalue weighted by Crippen LogP contribution is 2.32. The monoisotopic (exact) mass is 363 g/mol. The number of hydrogen-bond donors (Lipinski definition) is 0. The highest BCUT2D eigenvalue weighted by Gasteiger charge is 2.32. The van der Waals surface area contributed by atoms with Crippen molar-refractivity contribution in [1.29, 1.82) is 0 Å². The van der Waals surface area contributed by atoms with E-state index < -0.39 is 0 Å². The van der Waals surface area contributed by atoms with Gasteiger partial charge in [-0.15, -0.1) is 0 Å². The first kappa shape index (κ1) is 15.1. The van der Waals surface area contributed by atoms with E-state index in [2.05, 4.69) is 83.4 Å². The molecule has 126 valence electrons. The van der Waals surface area contributed by atoms with Crippen molar-refractivity contribution in [3.05, 3.63) is 96.0 Å². The molecule has 27 heavy (non-hydrogen) atoms. The van der Waals surface area contributed by atoms with E-state index in [0.29, 0.717) is 0 Å². The predicted molar refractivity (Wildman–Crippen MR) is 117 cm³/mol. The van der Waals surface area contributed by atoms with Crippen LogP contribution in [0.4, 0.5) is 0 Å². The van der Waals surface area contributed by atoms with E-state index in [1.54, 1.807) is 0 Å². The summed E-state index contributed by atoms with van der Waals surface area (Å²) in [5.41, 5.74) is 7.81. The zero-order chi connectivity index (χ0) is 18.0. The standard InChI is InChI=1S/C24H15BClN/c26-17-14-12-16(13-15-17)25-20-8-2-4-11-23(20)27-22-10-3-1-6-18(22)19-7-5-9-21(25)24(19)27/h1-15H. The fourth-order valence-electron chi connectivity index (χ4n) is 4.65. The topological polar surface area (TPSA) is 4.93 Å². The second-order valence-corrected chi connectivity index (χ2v) is 7.58. The van der Waals surface area contributed by atoms with E-state index in [1.807, 2.05) is 12.1 Å². The van der Waals surface area contributed by atoms with Crippen molar-refractivity contribution in [3.8, 4) is 5.69 Å². The maximum Gasteiger partial charge on any atom is 0.246 e. The Morgan fingerprint density at radius 2 is 1.33 bits per heavy atom. The molecule has 5 aromatic rings. The molecule has 0 N–H and O–H groups in total. The highest BCUT2D eigenvalue weighted by molar-refractivity contribution is 6.98. The molecule has 1 nitrogen and oxygen atoms in total. The molecule has 0 aliphatic carbocycles. The molecule has 0 atom stereocenters. The maximum atomic E-state index is 6.16. The van der Waals surface area contributed by atoms with Crippen LogP contribution in [0.15, 0.2) is 91.0 Å². The Labute approximate surface area is 162 Å². The normalized spacial score (nSPS) is 12.6. The minimum absolute atomic E-state index is 0.207. The molecule has 1 aliphatic heterocycles. The molecule has 2 heterocycles. The van der Waals surface area contributed by atoms with E-state index in [4.69, 9.17) is 11.6 Å². The molecule has 0 fully saturated rings. The Morgan fingerprint density at radius 3 is 2.22 bits per heavy atom. The molecule has 1 aliphatic rings. The Kier molecular flexibility index (Phi) is 3.09. The van der Waals surface area contributed by atoms with E-state index in [9.17, 15) is 0 Å². The lowest BCUT2D eigenvalue weighted by Crippen LogP contribution is -2.55.